The van der Waals surface area contributed by atoms with Gasteiger partial charge in [-0.2, -0.15) is 0 Å². The molecule has 1 aromatic heterocycles. The number of benzene rings is 1. The van der Waals surface area contributed by atoms with Gasteiger partial charge >= 0.3 is 0 Å². The van der Waals surface area contributed by atoms with Gasteiger partial charge in [0, 0.05) is 38.0 Å². The maximum atomic E-state index is 12.9. The highest BCUT2D eigenvalue weighted by atomic mass is 32.1. The molecule has 0 radical (unpaired) electrons. The van der Waals surface area contributed by atoms with Gasteiger partial charge in [-0.25, -0.2) is 0 Å². The maximum absolute atomic E-state index is 12.9. The molecule has 0 saturated carbocycles. The van der Waals surface area contributed by atoms with Crippen molar-refractivity contribution >= 4 is 23.2 Å². The molecule has 3 rings (SSSR count). The molecule has 1 aliphatic rings. The van der Waals surface area contributed by atoms with E-state index in [4.69, 9.17) is 4.74 Å². The van der Waals surface area contributed by atoms with Crippen molar-refractivity contribution in [3.05, 3.63) is 41.3 Å². The molecule has 2 aromatic rings. The van der Waals surface area contributed by atoms with E-state index in [-0.39, 0.29) is 11.8 Å². The molecule has 0 bridgehead atoms. The lowest BCUT2D eigenvalue weighted by molar-refractivity contribution is -0.130. The molecule has 1 fully saturated rings. The third-order valence-corrected chi connectivity index (χ3v) is 5.34. The van der Waals surface area contributed by atoms with Crippen molar-refractivity contribution in [1.82, 2.24) is 9.80 Å². The Hall–Kier alpha value is -2.34. The third-order valence-electron chi connectivity index (χ3n) is 4.18. The molecular weight excluding hydrogens is 324 g/mol. The van der Waals surface area contributed by atoms with Gasteiger partial charge in [0.25, 0.3) is 5.91 Å². The topological polar surface area (TPSA) is 49.9 Å². The molecule has 6 heteroatoms. The van der Waals surface area contributed by atoms with E-state index in [9.17, 15) is 9.59 Å². The van der Waals surface area contributed by atoms with Crippen LogP contribution in [0.2, 0.25) is 0 Å². The number of methoxy groups -OCH3 is 1. The van der Waals surface area contributed by atoms with E-state index in [1.165, 1.54) is 11.3 Å². The number of nitrogens with zero attached hydrogens (tertiary/aromatic N) is 2. The number of thiophene rings is 1. The Bertz CT molecular complexity index is 734. The van der Waals surface area contributed by atoms with E-state index >= 15 is 0 Å². The first-order valence-electron chi connectivity index (χ1n) is 7.88. The van der Waals surface area contributed by atoms with Crippen LogP contribution in [0, 0.1) is 0 Å². The van der Waals surface area contributed by atoms with Gasteiger partial charge in [-0.05, 0) is 11.6 Å². The van der Waals surface area contributed by atoms with Gasteiger partial charge in [0.15, 0.2) is 0 Å². The SMILES string of the molecule is COc1cc(-c2ccccc2)sc1C(=O)N1CCN(C(C)=O)CC1. The van der Waals surface area contributed by atoms with Crippen LogP contribution in [0.15, 0.2) is 36.4 Å². The lowest BCUT2D eigenvalue weighted by Gasteiger charge is -2.34. The molecule has 5 nitrogen and oxygen atoms in total. The smallest absolute Gasteiger partial charge is 0.267 e. The number of amides is 2. The molecule has 1 aliphatic heterocycles. The summed E-state index contributed by atoms with van der Waals surface area (Å²) < 4.78 is 5.42. The van der Waals surface area contributed by atoms with Crippen molar-refractivity contribution in [2.75, 3.05) is 33.3 Å². The zero-order chi connectivity index (χ0) is 17.1. The van der Waals surface area contributed by atoms with Crippen LogP contribution in [0.1, 0.15) is 16.6 Å². The Morgan fingerprint density at radius 2 is 1.67 bits per heavy atom. The predicted octanol–water partition coefficient (Wildman–Crippen LogP) is 2.73. The predicted molar refractivity (Wildman–Crippen MR) is 94.5 cm³/mol. The van der Waals surface area contributed by atoms with Crippen molar-refractivity contribution in [3.63, 3.8) is 0 Å². The summed E-state index contributed by atoms with van der Waals surface area (Å²) in [5.74, 6) is 0.641. The van der Waals surface area contributed by atoms with Crippen LogP contribution in [0.4, 0.5) is 0 Å². The van der Waals surface area contributed by atoms with Crippen LogP contribution in [-0.4, -0.2) is 54.9 Å². The molecule has 24 heavy (non-hydrogen) atoms. The fraction of sp³-hybridized carbons (Fsp3) is 0.333. The van der Waals surface area contributed by atoms with Crippen LogP contribution in [0.25, 0.3) is 10.4 Å². The molecule has 0 atom stereocenters. The number of hydrogen-bond donors (Lipinski definition) is 0. The van der Waals surface area contributed by atoms with Gasteiger partial charge in [0.2, 0.25) is 5.91 Å². The fourth-order valence-corrected chi connectivity index (χ4v) is 3.89. The number of ether oxygens (including phenoxy) is 1. The van der Waals surface area contributed by atoms with E-state index < -0.39 is 0 Å². The largest absolute Gasteiger partial charge is 0.495 e. The summed E-state index contributed by atoms with van der Waals surface area (Å²) in [5, 5.41) is 0. The zero-order valence-corrected chi connectivity index (χ0v) is 14.6. The molecular formula is C18H20N2O3S. The Morgan fingerprint density at radius 3 is 2.25 bits per heavy atom. The van der Waals surface area contributed by atoms with E-state index in [0.29, 0.717) is 36.8 Å². The van der Waals surface area contributed by atoms with Gasteiger partial charge in [-0.15, -0.1) is 11.3 Å². The molecule has 1 aromatic carbocycles. The third kappa shape index (κ3) is 3.28. The molecule has 126 valence electrons. The lowest BCUT2D eigenvalue weighted by Crippen LogP contribution is -2.49. The normalized spacial score (nSPS) is 14.6. The van der Waals surface area contributed by atoms with Crippen LogP contribution < -0.4 is 4.74 Å². The second-order valence-electron chi connectivity index (χ2n) is 5.67. The van der Waals surface area contributed by atoms with Crippen molar-refractivity contribution in [2.24, 2.45) is 0 Å². The molecule has 0 aliphatic carbocycles. The van der Waals surface area contributed by atoms with Gasteiger partial charge in [-0.3, -0.25) is 9.59 Å². The quantitative estimate of drug-likeness (QED) is 0.860. The minimum atomic E-state index is -0.0257. The average molecular weight is 344 g/mol. The minimum absolute atomic E-state index is 0.0257. The van der Waals surface area contributed by atoms with Crippen LogP contribution in [-0.2, 0) is 4.79 Å². The Balaban J connectivity index is 1.80. The van der Waals surface area contributed by atoms with Crippen LogP contribution in [0.3, 0.4) is 0 Å². The highest BCUT2D eigenvalue weighted by molar-refractivity contribution is 7.17. The average Bonchev–Trinajstić information content (AvgIpc) is 3.06. The fourth-order valence-electron chi connectivity index (χ4n) is 2.79. The van der Waals surface area contributed by atoms with Gasteiger partial charge < -0.3 is 14.5 Å². The zero-order valence-electron chi connectivity index (χ0n) is 13.8. The summed E-state index contributed by atoms with van der Waals surface area (Å²) in [7, 11) is 1.58. The number of rotatable bonds is 3. The highest BCUT2D eigenvalue weighted by Gasteiger charge is 2.27. The summed E-state index contributed by atoms with van der Waals surface area (Å²) in [6.45, 7) is 3.84. The first kappa shape index (κ1) is 16.5. The van der Waals surface area contributed by atoms with E-state index in [1.807, 2.05) is 36.4 Å². The number of hydrogen-bond acceptors (Lipinski definition) is 4. The number of piperazine rings is 1. The number of carbonyl (C=O) groups excluding carboxylic acids is 2. The molecule has 2 amide bonds. The van der Waals surface area contributed by atoms with Gasteiger partial charge in [-0.1, -0.05) is 30.3 Å². The van der Waals surface area contributed by atoms with Crippen molar-refractivity contribution in [2.45, 2.75) is 6.92 Å². The van der Waals surface area contributed by atoms with Crippen molar-refractivity contribution in [3.8, 4) is 16.2 Å². The van der Waals surface area contributed by atoms with Crippen molar-refractivity contribution < 1.29 is 14.3 Å². The summed E-state index contributed by atoms with van der Waals surface area (Å²) in [6, 6.07) is 11.9. The molecule has 0 N–H and O–H groups in total. The summed E-state index contributed by atoms with van der Waals surface area (Å²) >= 11 is 1.45. The minimum Gasteiger partial charge on any atom is -0.495 e. The summed E-state index contributed by atoms with van der Waals surface area (Å²) in [6.07, 6.45) is 0. The molecule has 1 saturated heterocycles. The van der Waals surface area contributed by atoms with E-state index in [1.54, 1.807) is 23.8 Å². The molecule has 2 heterocycles. The first-order valence-corrected chi connectivity index (χ1v) is 8.70. The van der Waals surface area contributed by atoms with Crippen LogP contribution >= 0.6 is 11.3 Å². The maximum Gasteiger partial charge on any atom is 0.267 e. The number of carbonyl (C=O) groups is 2. The lowest BCUT2D eigenvalue weighted by atomic mass is 10.2. The molecule has 0 spiro atoms. The second-order valence-corrected chi connectivity index (χ2v) is 6.72. The Labute approximate surface area is 145 Å². The monoisotopic (exact) mass is 344 g/mol. The van der Waals surface area contributed by atoms with Gasteiger partial charge in [0.1, 0.15) is 10.6 Å². The van der Waals surface area contributed by atoms with E-state index in [0.717, 1.165) is 10.4 Å². The molecule has 0 unspecified atom stereocenters. The van der Waals surface area contributed by atoms with E-state index in [2.05, 4.69) is 0 Å². The first-order chi connectivity index (χ1) is 11.6. The summed E-state index contributed by atoms with van der Waals surface area (Å²) in [5.41, 5.74) is 1.07. The van der Waals surface area contributed by atoms with Gasteiger partial charge in [0.05, 0.1) is 7.11 Å². The second kappa shape index (κ2) is 7.05. The Kier molecular flexibility index (Phi) is 4.85. The highest BCUT2D eigenvalue weighted by Crippen LogP contribution is 2.37. The van der Waals surface area contributed by atoms with Crippen LogP contribution in [0.5, 0.6) is 5.75 Å². The summed E-state index contributed by atoms with van der Waals surface area (Å²) in [4.78, 5) is 29.5. The Morgan fingerprint density at radius 1 is 1.04 bits per heavy atom. The standard InChI is InChI=1S/C18H20N2O3S/c1-13(21)19-8-10-20(11-9-19)18(22)17-15(23-2)12-16(24-17)14-6-4-3-5-7-14/h3-7,12H,8-11H2,1-2H3. The van der Waals surface area contributed by atoms with Crippen molar-refractivity contribution in [1.29, 1.82) is 0 Å².